The molecule has 0 bridgehead atoms. The molecule has 8 heteroatoms. The van der Waals surface area contributed by atoms with Crippen molar-refractivity contribution >= 4 is 32.5 Å². The lowest BCUT2D eigenvalue weighted by atomic mass is 10.0. The molecule has 1 saturated heterocycles. The highest BCUT2D eigenvalue weighted by atomic mass is 32.2. The van der Waals surface area contributed by atoms with E-state index in [-0.39, 0.29) is 23.7 Å². The number of fused-ring (bicyclic) bond motifs is 1. The fourth-order valence-corrected chi connectivity index (χ4v) is 5.67. The van der Waals surface area contributed by atoms with Gasteiger partial charge in [-0.2, -0.15) is 4.31 Å². The van der Waals surface area contributed by atoms with Crippen LogP contribution in [0.4, 0.5) is 0 Å². The molecule has 7 nitrogen and oxygen atoms in total. The topological polar surface area (TPSA) is 90.0 Å². The average Bonchev–Trinajstić information content (AvgIpc) is 2.90. The highest BCUT2D eigenvalue weighted by Gasteiger charge is 2.25. The number of nitrogens with zero attached hydrogens (tertiary/aromatic N) is 1. The second-order valence-electron chi connectivity index (χ2n) is 8.62. The van der Waals surface area contributed by atoms with Gasteiger partial charge < -0.3 is 9.47 Å². The molecule has 0 atom stereocenters. The number of aryl methyl sites for hydroxylation is 1. The van der Waals surface area contributed by atoms with Gasteiger partial charge in [-0.05, 0) is 65.9 Å². The number of sulfonamides is 1. The van der Waals surface area contributed by atoms with Crippen LogP contribution < -0.4 is 4.74 Å². The maximum absolute atomic E-state index is 12.7. The van der Waals surface area contributed by atoms with Gasteiger partial charge in [0.05, 0.1) is 12.0 Å². The molecule has 35 heavy (non-hydrogen) atoms. The van der Waals surface area contributed by atoms with Crippen molar-refractivity contribution < 1.29 is 27.5 Å². The maximum Gasteiger partial charge on any atom is 0.306 e. The van der Waals surface area contributed by atoms with E-state index in [2.05, 4.69) is 0 Å². The van der Waals surface area contributed by atoms with Crippen molar-refractivity contribution in [1.82, 2.24) is 4.31 Å². The van der Waals surface area contributed by atoms with E-state index in [9.17, 15) is 18.0 Å². The summed E-state index contributed by atoms with van der Waals surface area (Å²) in [5.41, 5.74) is 1.30. The Morgan fingerprint density at radius 1 is 0.886 bits per heavy atom. The number of carbonyl (C=O) groups excluding carboxylic acids is 2. The van der Waals surface area contributed by atoms with Crippen LogP contribution >= 0.6 is 0 Å². The molecule has 0 N–H and O–H groups in total. The van der Waals surface area contributed by atoms with Crippen molar-refractivity contribution in [2.75, 3.05) is 26.8 Å². The van der Waals surface area contributed by atoms with Gasteiger partial charge in [-0.3, -0.25) is 9.59 Å². The Kier molecular flexibility index (Phi) is 7.83. The quantitative estimate of drug-likeness (QED) is 0.323. The summed E-state index contributed by atoms with van der Waals surface area (Å²) in [6, 6.07) is 17.5. The minimum atomic E-state index is -3.47. The molecule has 0 radical (unpaired) electrons. The van der Waals surface area contributed by atoms with Crippen LogP contribution in [0.1, 0.15) is 41.6 Å². The van der Waals surface area contributed by atoms with E-state index in [0.29, 0.717) is 25.1 Å². The zero-order chi connectivity index (χ0) is 24.8. The normalized spacial score (nSPS) is 14.5. The second-order valence-corrected chi connectivity index (χ2v) is 10.6. The van der Waals surface area contributed by atoms with Crippen LogP contribution in [0, 0.1) is 0 Å². The molecule has 3 aromatic carbocycles. The Bertz CT molecular complexity index is 1310. The number of Topliss-reactive ketones (excluding diaryl/α,β-unsaturated/α-hetero) is 1. The van der Waals surface area contributed by atoms with E-state index in [0.717, 1.165) is 41.3 Å². The maximum atomic E-state index is 12.7. The van der Waals surface area contributed by atoms with Crippen molar-refractivity contribution in [2.24, 2.45) is 0 Å². The highest BCUT2D eigenvalue weighted by molar-refractivity contribution is 7.89. The van der Waals surface area contributed by atoms with Gasteiger partial charge in [0.1, 0.15) is 5.75 Å². The number of hydrogen-bond donors (Lipinski definition) is 0. The van der Waals surface area contributed by atoms with Crippen molar-refractivity contribution in [3.63, 3.8) is 0 Å². The molecule has 1 heterocycles. The zero-order valence-corrected chi connectivity index (χ0v) is 20.6. The van der Waals surface area contributed by atoms with Crippen LogP contribution in [0.25, 0.3) is 10.8 Å². The summed E-state index contributed by atoms with van der Waals surface area (Å²) in [5, 5.41) is 1.85. The molecular formula is C27H29NO6S. The predicted octanol–water partition coefficient (Wildman–Crippen LogP) is 4.38. The molecule has 0 saturated carbocycles. The van der Waals surface area contributed by atoms with Gasteiger partial charge in [0.25, 0.3) is 0 Å². The molecule has 3 aromatic rings. The molecule has 1 aliphatic heterocycles. The summed E-state index contributed by atoms with van der Waals surface area (Å²) in [6.45, 7) is 0.790. The molecule has 1 aliphatic rings. The first kappa shape index (κ1) is 24.9. The minimum absolute atomic E-state index is 0.100. The van der Waals surface area contributed by atoms with Crippen LogP contribution in [0.5, 0.6) is 5.75 Å². The fraction of sp³-hybridized carbons (Fsp3) is 0.333. The highest BCUT2D eigenvalue weighted by Crippen LogP contribution is 2.23. The first-order valence-corrected chi connectivity index (χ1v) is 13.2. The molecule has 4 rings (SSSR count). The molecule has 1 fully saturated rings. The zero-order valence-electron chi connectivity index (χ0n) is 19.7. The number of benzene rings is 3. The minimum Gasteiger partial charge on any atom is -0.497 e. The van der Waals surface area contributed by atoms with E-state index in [1.54, 1.807) is 43.5 Å². The lowest BCUT2D eigenvalue weighted by molar-refractivity contribution is -0.142. The van der Waals surface area contributed by atoms with E-state index in [1.165, 1.54) is 4.31 Å². The Labute approximate surface area is 205 Å². The number of piperidine rings is 1. The number of ether oxygens (including phenoxy) is 2. The van der Waals surface area contributed by atoms with Gasteiger partial charge in [-0.1, -0.05) is 36.8 Å². The molecule has 0 unspecified atom stereocenters. The van der Waals surface area contributed by atoms with E-state index < -0.39 is 16.0 Å². The number of carbonyl (C=O) groups is 2. The third-order valence-corrected chi connectivity index (χ3v) is 8.14. The molecule has 0 amide bonds. The van der Waals surface area contributed by atoms with Crippen LogP contribution in [0.2, 0.25) is 0 Å². The summed E-state index contributed by atoms with van der Waals surface area (Å²) in [5.74, 6) is -0.0130. The van der Waals surface area contributed by atoms with Crippen molar-refractivity contribution in [3.8, 4) is 5.75 Å². The third kappa shape index (κ3) is 6.07. The van der Waals surface area contributed by atoms with E-state index in [4.69, 9.17) is 9.47 Å². The average molecular weight is 496 g/mol. The van der Waals surface area contributed by atoms with Gasteiger partial charge >= 0.3 is 5.97 Å². The van der Waals surface area contributed by atoms with Crippen LogP contribution in [-0.2, 0) is 26.0 Å². The number of methoxy groups -OCH3 is 1. The third-order valence-electron chi connectivity index (χ3n) is 6.23. The van der Waals surface area contributed by atoms with E-state index >= 15 is 0 Å². The SMILES string of the molecule is COc1ccc2cc(C(=O)COC(=O)CCc3ccc(S(=O)(=O)N4CCCCC4)cc3)ccc2c1. The van der Waals surface area contributed by atoms with Gasteiger partial charge in [-0.25, -0.2) is 8.42 Å². The van der Waals surface area contributed by atoms with Crippen LogP contribution in [0.15, 0.2) is 65.6 Å². The van der Waals surface area contributed by atoms with Crippen molar-refractivity contribution in [1.29, 1.82) is 0 Å². The summed E-state index contributed by atoms with van der Waals surface area (Å²) in [4.78, 5) is 24.9. The van der Waals surface area contributed by atoms with Gasteiger partial charge in [-0.15, -0.1) is 0 Å². The lowest BCUT2D eigenvalue weighted by Gasteiger charge is -2.25. The summed E-state index contributed by atoms with van der Waals surface area (Å²) in [7, 11) is -1.87. The first-order valence-electron chi connectivity index (χ1n) is 11.7. The number of esters is 1. The monoisotopic (exact) mass is 495 g/mol. The number of hydrogen-bond acceptors (Lipinski definition) is 6. The van der Waals surface area contributed by atoms with Gasteiger partial charge in [0.2, 0.25) is 10.0 Å². The largest absolute Gasteiger partial charge is 0.497 e. The molecule has 0 spiro atoms. The fourth-order valence-electron chi connectivity index (χ4n) is 4.15. The first-order chi connectivity index (χ1) is 16.9. The predicted molar refractivity (Wildman–Crippen MR) is 133 cm³/mol. The van der Waals surface area contributed by atoms with Gasteiger partial charge in [0.15, 0.2) is 12.4 Å². The second kappa shape index (κ2) is 11.0. The van der Waals surface area contributed by atoms with Crippen molar-refractivity contribution in [3.05, 3.63) is 71.8 Å². The van der Waals surface area contributed by atoms with Crippen LogP contribution in [0.3, 0.4) is 0 Å². The number of ketones is 1. The molecule has 0 aliphatic carbocycles. The van der Waals surface area contributed by atoms with Gasteiger partial charge in [0, 0.05) is 25.1 Å². The standard InChI is InChI=1S/C27H29NO6S/c1-33-24-11-10-21-17-23(9-8-22(21)18-24)26(29)19-34-27(30)14-7-20-5-12-25(13-6-20)35(31,32)28-15-3-2-4-16-28/h5-6,8-13,17-18H,2-4,7,14-16,19H2,1H3. The smallest absolute Gasteiger partial charge is 0.306 e. The Morgan fingerprint density at radius 3 is 2.29 bits per heavy atom. The summed E-state index contributed by atoms with van der Waals surface area (Å²) < 4.78 is 37.4. The molecule has 184 valence electrons. The van der Waals surface area contributed by atoms with E-state index in [1.807, 2.05) is 24.3 Å². The summed E-state index contributed by atoms with van der Waals surface area (Å²) in [6.07, 6.45) is 3.33. The number of rotatable bonds is 9. The summed E-state index contributed by atoms with van der Waals surface area (Å²) >= 11 is 0. The Morgan fingerprint density at radius 2 is 1.57 bits per heavy atom. The molecule has 0 aromatic heterocycles. The lowest BCUT2D eigenvalue weighted by Crippen LogP contribution is -2.35. The van der Waals surface area contributed by atoms with Crippen LogP contribution in [-0.4, -0.2) is 51.3 Å². The molecular weight excluding hydrogens is 466 g/mol. The Balaban J connectivity index is 1.27. The van der Waals surface area contributed by atoms with Crippen molar-refractivity contribution in [2.45, 2.75) is 37.0 Å². The Hall–Kier alpha value is -3.23.